The van der Waals surface area contributed by atoms with Crippen molar-refractivity contribution in [1.82, 2.24) is 9.80 Å². The molecule has 1 fully saturated rings. The molecule has 1 saturated heterocycles. The van der Waals surface area contributed by atoms with Gasteiger partial charge in [-0.25, -0.2) is 4.39 Å². The average Bonchev–Trinajstić information content (AvgIpc) is 2.82. The van der Waals surface area contributed by atoms with E-state index in [2.05, 4.69) is 4.90 Å². The van der Waals surface area contributed by atoms with Crippen LogP contribution in [0.25, 0.3) is 0 Å². The SMILES string of the molecule is CC1(CN2CCN(C(=O)CO)CC2)Cc2cc(F)ccc2O1. The highest BCUT2D eigenvalue weighted by molar-refractivity contribution is 5.77. The zero-order valence-electron chi connectivity index (χ0n) is 12.7. The number of carbonyl (C=O) groups excluding carboxylic acids is 1. The molecule has 1 unspecified atom stereocenters. The van der Waals surface area contributed by atoms with Crippen molar-refractivity contribution in [3.05, 3.63) is 29.6 Å². The molecule has 0 saturated carbocycles. The van der Waals surface area contributed by atoms with Crippen LogP contribution in [-0.4, -0.2) is 65.7 Å². The predicted molar refractivity (Wildman–Crippen MR) is 79.2 cm³/mol. The highest BCUT2D eigenvalue weighted by atomic mass is 19.1. The summed E-state index contributed by atoms with van der Waals surface area (Å²) in [6.07, 6.45) is 0.690. The lowest BCUT2D eigenvalue weighted by Crippen LogP contribution is -2.54. The Hall–Kier alpha value is -1.66. The maximum Gasteiger partial charge on any atom is 0.248 e. The highest BCUT2D eigenvalue weighted by Gasteiger charge is 2.37. The smallest absolute Gasteiger partial charge is 0.248 e. The number of piperazine rings is 1. The lowest BCUT2D eigenvalue weighted by molar-refractivity contribution is -0.136. The van der Waals surface area contributed by atoms with Gasteiger partial charge in [-0.3, -0.25) is 9.69 Å². The van der Waals surface area contributed by atoms with Crippen LogP contribution < -0.4 is 4.74 Å². The van der Waals surface area contributed by atoms with Crippen LogP contribution in [0.4, 0.5) is 4.39 Å². The van der Waals surface area contributed by atoms with E-state index in [0.29, 0.717) is 19.5 Å². The van der Waals surface area contributed by atoms with E-state index in [1.165, 1.54) is 6.07 Å². The first-order valence-corrected chi connectivity index (χ1v) is 7.57. The lowest BCUT2D eigenvalue weighted by atomic mass is 9.98. The van der Waals surface area contributed by atoms with E-state index in [4.69, 9.17) is 9.84 Å². The summed E-state index contributed by atoms with van der Waals surface area (Å²) in [7, 11) is 0. The van der Waals surface area contributed by atoms with Crippen molar-refractivity contribution in [3.8, 4) is 5.75 Å². The van der Waals surface area contributed by atoms with Crippen LogP contribution in [0, 0.1) is 5.82 Å². The minimum atomic E-state index is -0.429. The third-order valence-electron chi connectivity index (χ3n) is 4.36. The van der Waals surface area contributed by atoms with Crippen LogP contribution in [0.15, 0.2) is 18.2 Å². The largest absolute Gasteiger partial charge is 0.486 e. The zero-order chi connectivity index (χ0) is 15.7. The van der Waals surface area contributed by atoms with Gasteiger partial charge in [-0.1, -0.05) is 0 Å². The normalized spacial score (nSPS) is 25.0. The summed E-state index contributed by atoms with van der Waals surface area (Å²) in [4.78, 5) is 15.4. The predicted octanol–water partition coefficient (Wildman–Crippen LogP) is 0.656. The molecule has 0 spiro atoms. The number of fused-ring (bicyclic) bond motifs is 1. The van der Waals surface area contributed by atoms with Crippen LogP contribution in [-0.2, 0) is 11.2 Å². The summed E-state index contributed by atoms with van der Waals surface area (Å²) in [5, 5.41) is 8.89. The number of hydrogen-bond donors (Lipinski definition) is 1. The van der Waals surface area contributed by atoms with Gasteiger partial charge in [0.25, 0.3) is 0 Å². The van der Waals surface area contributed by atoms with Crippen molar-refractivity contribution in [2.45, 2.75) is 18.9 Å². The van der Waals surface area contributed by atoms with Crippen LogP contribution in [0.5, 0.6) is 5.75 Å². The molecule has 1 amide bonds. The second-order valence-electron chi connectivity index (χ2n) is 6.30. The van der Waals surface area contributed by atoms with Gasteiger partial charge in [-0.05, 0) is 25.1 Å². The van der Waals surface area contributed by atoms with Gasteiger partial charge in [0.15, 0.2) is 0 Å². The average molecular weight is 308 g/mol. The van der Waals surface area contributed by atoms with Crippen molar-refractivity contribution in [3.63, 3.8) is 0 Å². The molecule has 6 heteroatoms. The summed E-state index contributed by atoms with van der Waals surface area (Å²) < 4.78 is 19.3. The molecule has 0 radical (unpaired) electrons. The van der Waals surface area contributed by atoms with Gasteiger partial charge in [-0.2, -0.15) is 0 Å². The summed E-state index contributed by atoms with van der Waals surface area (Å²) >= 11 is 0. The van der Waals surface area contributed by atoms with E-state index in [-0.39, 0.29) is 17.3 Å². The van der Waals surface area contributed by atoms with Gasteiger partial charge < -0.3 is 14.7 Å². The lowest BCUT2D eigenvalue weighted by Gasteiger charge is -2.38. The summed E-state index contributed by atoms with van der Waals surface area (Å²) in [6, 6.07) is 4.65. The second kappa shape index (κ2) is 5.85. The fourth-order valence-electron chi connectivity index (χ4n) is 3.31. The van der Waals surface area contributed by atoms with E-state index < -0.39 is 6.61 Å². The van der Waals surface area contributed by atoms with Gasteiger partial charge in [0.2, 0.25) is 5.91 Å². The van der Waals surface area contributed by atoms with Gasteiger partial charge in [-0.15, -0.1) is 0 Å². The molecule has 2 aliphatic heterocycles. The summed E-state index contributed by atoms with van der Waals surface area (Å²) in [5.41, 5.74) is 0.552. The summed E-state index contributed by atoms with van der Waals surface area (Å²) in [6.45, 7) is 5.11. The van der Waals surface area contributed by atoms with E-state index >= 15 is 0 Å². The molecule has 3 rings (SSSR count). The Balaban J connectivity index is 1.58. The monoisotopic (exact) mass is 308 g/mol. The number of rotatable bonds is 3. The maximum atomic E-state index is 13.3. The van der Waals surface area contributed by atoms with Crippen LogP contribution in [0.3, 0.4) is 0 Å². The van der Waals surface area contributed by atoms with Crippen molar-refractivity contribution >= 4 is 5.91 Å². The van der Waals surface area contributed by atoms with Gasteiger partial charge >= 0.3 is 0 Å². The van der Waals surface area contributed by atoms with Gasteiger partial charge in [0.05, 0.1) is 0 Å². The Labute approximate surface area is 129 Å². The molecule has 0 aromatic heterocycles. The summed E-state index contributed by atoms with van der Waals surface area (Å²) in [5.74, 6) is 0.312. The molecule has 2 aliphatic rings. The third-order valence-corrected chi connectivity index (χ3v) is 4.36. The number of ether oxygens (including phenoxy) is 1. The molecule has 1 aromatic rings. The van der Waals surface area contributed by atoms with E-state index in [9.17, 15) is 9.18 Å². The quantitative estimate of drug-likeness (QED) is 0.891. The fourth-order valence-corrected chi connectivity index (χ4v) is 3.31. The van der Waals surface area contributed by atoms with E-state index in [1.807, 2.05) is 6.92 Å². The number of nitrogens with zero attached hydrogens (tertiary/aromatic N) is 2. The standard InChI is InChI=1S/C16H21FN2O3/c1-16(9-12-8-13(17)2-3-14(12)22-16)11-18-4-6-19(7-5-18)15(21)10-20/h2-3,8,20H,4-7,9-11H2,1H3. The molecule has 120 valence electrons. The van der Waals surface area contributed by atoms with Crippen LogP contribution >= 0.6 is 0 Å². The minimum absolute atomic E-state index is 0.217. The van der Waals surface area contributed by atoms with Crippen molar-refractivity contribution in [1.29, 1.82) is 0 Å². The Kier molecular flexibility index (Phi) is 4.06. The minimum Gasteiger partial charge on any atom is -0.486 e. The number of amides is 1. The topological polar surface area (TPSA) is 53.0 Å². The molecule has 1 aromatic carbocycles. The molecule has 1 atom stereocenters. The first kappa shape index (κ1) is 15.2. The number of benzene rings is 1. The van der Waals surface area contributed by atoms with Crippen molar-refractivity contribution in [2.75, 3.05) is 39.3 Å². The second-order valence-corrected chi connectivity index (χ2v) is 6.30. The van der Waals surface area contributed by atoms with E-state index in [1.54, 1.807) is 17.0 Å². The number of aliphatic hydroxyl groups is 1. The zero-order valence-corrected chi connectivity index (χ0v) is 12.7. The highest BCUT2D eigenvalue weighted by Crippen LogP contribution is 2.35. The molecular formula is C16H21FN2O3. The molecular weight excluding hydrogens is 287 g/mol. The Bertz CT molecular complexity index is 573. The van der Waals surface area contributed by atoms with Crippen molar-refractivity contribution in [2.24, 2.45) is 0 Å². The number of hydrogen-bond acceptors (Lipinski definition) is 4. The van der Waals surface area contributed by atoms with Gasteiger partial charge in [0.1, 0.15) is 23.8 Å². The Morgan fingerprint density at radius 2 is 2.09 bits per heavy atom. The third kappa shape index (κ3) is 3.08. The molecule has 0 aliphatic carbocycles. The molecule has 22 heavy (non-hydrogen) atoms. The number of halogens is 1. The first-order chi connectivity index (χ1) is 10.5. The molecule has 5 nitrogen and oxygen atoms in total. The Morgan fingerprint density at radius 1 is 1.36 bits per heavy atom. The molecule has 0 bridgehead atoms. The molecule has 1 N–H and O–H groups in total. The number of aliphatic hydroxyl groups excluding tert-OH is 1. The molecule has 2 heterocycles. The van der Waals surface area contributed by atoms with Crippen LogP contribution in [0.1, 0.15) is 12.5 Å². The first-order valence-electron chi connectivity index (χ1n) is 7.57. The maximum absolute atomic E-state index is 13.3. The van der Waals surface area contributed by atoms with Gasteiger partial charge in [0, 0.05) is 44.7 Å². The fraction of sp³-hybridized carbons (Fsp3) is 0.562. The van der Waals surface area contributed by atoms with Crippen molar-refractivity contribution < 1.29 is 19.0 Å². The van der Waals surface area contributed by atoms with E-state index in [0.717, 1.165) is 30.9 Å². The van der Waals surface area contributed by atoms with Crippen LogP contribution in [0.2, 0.25) is 0 Å². The Morgan fingerprint density at radius 3 is 2.77 bits per heavy atom. The number of carbonyl (C=O) groups is 1.